The lowest BCUT2D eigenvalue weighted by Gasteiger charge is -2.01. The maximum absolute atomic E-state index is 12.4. The van der Waals surface area contributed by atoms with Crippen molar-refractivity contribution in [3.63, 3.8) is 0 Å². The molecule has 1 aromatic carbocycles. The van der Waals surface area contributed by atoms with Gasteiger partial charge in [0.1, 0.15) is 21.3 Å². The molecule has 3 heterocycles. The van der Waals surface area contributed by atoms with Gasteiger partial charge in [0.05, 0.1) is 19.4 Å². The molecule has 3 aromatic rings. The largest absolute Gasteiger partial charge is 0.493 e. The molecule has 0 saturated carbocycles. The molecule has 1 aliphatic heterocycles. The second-order valence-electron chi connectivity index (χ2n) is 5.66. The molecule has 9 heteroatoms. The lowest BCUT2D eigenvalue weighted by Crippen LogP contribution is -2.11. The predicted molar refractivity (Wildman–Crippen MR) is 103 cm³/mol. The summed E-state index contributed by atoms with van der Waals surface area (Å²) in [5.41, 5.74) is 2.42. The van der Waals surface area contributed by atoms with Crippen LogP contribution in [-0.4, -0.2) is 35.1 Å². The first-order chi connectivity index (χ1) is 13.1. The number of amides is 1. The molecule has 7 nitrogen and oxygen atoms in total. The van der Waals surface area contributed by atoms with E-state index in [-0.39, 0.29) is 12.5 Å². The summed E-state index contributed by atoms with van der Waals surface area (Å²) in [4.78, 5) is 32.9. The molecule has 0 bridgehead atoms. The van der Waals surface area contributed by atoms with Crippen molar-refractivity contribution in [3.05, 3.63) is 45.9 Å². The van der Waals surface area contributed by atoms with Crippen molar-refractivity contribution in [2.45, 2.75) is 13.3 Å². The molecule has 0 saturated heterocycles. The van der Waals surface area contributed by atoms with Crippen LogP contribution in [0, 0.1) is 0 Å². The average Bonchev–Trinajstić information content (AvgIpc) is 3.41. The Hall–Kier alpha value is -2.78. The number of hydrogen-bond donors (Lipinski definition) is 1. The van der Waals surface area contributed by atoms with E-state index >= 15 is 0 Å². The number of hydrogen-bond acceptors (Lipinski definition) is 8. The number of ether oxygens (including phenoxy) is 2. The van der Waals surface area contributed by atoms with E-state index in [1.54, 1.807) is 12.3 Å². The SMILES string of the molecule is CCOC(=O)c1cnc(NC(=O)c2csc(-c3ccc4c(c3)CCO4)n2)s1. The van der Waals surface area contributed by atoms with Gasteiger partial charge in [0, 0.05) is 17.4 Å². The van der Waals surface area contributed by atoms with E-state index in [4.69, 9.17) is 9.47 Å². The van der Waals surface area contributed by atoms with Gasteiger partial charge in [-0.15, -0.1) is 11.3 Å². The van der Waals surface area contributed by atoms with Gasteiger partial charge in [0.25, 0.3) is 5.91 Å². The van der Waals surface area contributed by atoms with Crippen molar-refractivity contribution < 1.29 is 19.1 Å². The monoisotopic (exact) mass is 401 g/mol. The number of benzene rings is 1. The van der Waals surface area contributed by atoms with Gasteiger partial charge in [-0.1, -0.05) is 11.3 Å². The van der Waals surface area contributed by atoms with Crippen molar-refractivity contribution in [2.24, 2.45) is 0 Å². The van der Waals surface area contributed by atoms with Gasteiger partial charge < -0.3 is 9.47 Å². The van der Waals surface area contributed by atoms with E-state index < -0.39 is 5.97 Å². The van der Waals surface area contributed by atoms with Crippen molar-refractivity contribution >= 4 is 39.7 Å². The number of rotatable bonds is 5. The second kappa shape index (κ2) is 7.45. The Morgan fingerprint density at radius 1 is 1.37 bits per heavy atom. The second-order valence-corrected chi connectivity index (χ2v) is 7.55. The van der Waals surface area contributed by atoms with Crippen LogP contribution >= 0.6 is 22.7 Å². The molecule has 1 amide bonds. The molecule has 0 spiro atoms. The van der Waals surface area contributed by atoms with Gasteiger partial charge in [-0.05, 0) is 30.7 Å². The van der Waals surface area contributed by atoms with E-state index in [0.717, 1.165) is 39.6 Å². The Balaban J connectivity index is 1.47. The van der Waals surface area contributed by atoms with Crippen LogP contribution < -0.4 is 10.1 Å². The fraction of sp³-hybridized carbons (Fsp3) is 0.222. The molecule has 138 valence electrons. The average molecular weight is 401 g/mol. The van der Waals surface area contributed by atoms with Crippen LogP contribution in [-0.2, 0) is 11.2 Å². The zero-order valence-corrected chi connectivity index (χ0v) is 16.0. The minimum absolute atomic E-state index is 0.287. The van der Waals surface area contributed by atoms with E-state index in [2.05, 4.69) is 21.4 Å². The first-order valence-electron chi connectivity index (χ1n) is 8.30. The van der Waals surface area contributed by atoms with Gasteiger partial charge in [-0.3, -0.25) is 10.1 Å². The van der Waals surface area contributed by atoms with Crippen molar-refractivity contribution in [1.29, 1.82) is 0 Å². The highest BCUT2D eigenvalue weighted by Crippen LogP contribution is 2.32. The third-order valence-corrected chi connectivity index (χ3v) is 5.66. The fourth-order valence-electron chi connectivity index (χ4n) is 2.62. The molecule has 1 N–H and O–H groups in total. The molecule has 0 atom stereocenters. The Morgan fingerprint density at radius 3 is 3.11 bits per heavy atom. The zero-order chi connectivity index (χ0) is 18.8. The normalized spacial score (nSPS) is 12.3. The number of nitrogens with one attached hydrogen (secondary N) is 1. The highest BCUT2D eigenvalue weighted by atomic mass is 32.1. The Morgan fingerprint density at radius 2 is 2.26 bits per heavy atom. The zero-order valence-electron chi connectivity index (χ0n) is 14.4. The Bertz CT molecular complexity index is 1010. The Labute approximate surface area is 163 Å². The summed E-state index contributed by atoms with van der Waals surface area (Å²) < 4.78 is 10.4. The topological polar surface area (TPSA) is 90.4 Å². The third-order valence-electron chi connectivity index (χ3n) is 3.88. The molecule has 0 unspecified atom stereocenters. The van der Waals surface area contributed by atoms with Crippen LogP contribution in [0.4, 0.5) is 5.13 Å². The number of fused-ring (bicyclic) bond motifs is 1. The molecular weight excluding hydrogens is 386 g/mol. The van der Waals surface area contributed by atoms with E-state index in [1.807, 2.05) is 12.1 Å². The van der Waals surface area contributed by atoms with Gasteiger partial charge in [-0.25, -0.2) is 14.8 Å². The molecule has 0 radical (unpaired) electrons. The van der Waals surface area contributed by atoms with Crippen molar-refractivity contribution in [1.82, 2.24) is 9.97 Å². The minimum atomic E-state index is -0.452. The number of thiazole rings is 2. The molecule has 2 aromatic heterocycles. The third kappa shape index (κ3) is 3.69. The van der Waals surface area contributed by atoms with Gasteiger partial charge in [-0.2, -0.15) is 0 Å². The number of carbonyl (C=O) groups is 2. The molecular formula is C18H15N3O4S2. The number of nitrogens with zero attached hydrogens (tertiary/aromatic N) is 2. The van der Waals surface area contributed by atoms with Crippen molar-refractivity contribution in [2.75, 3.05) is 18.5 Å². The molecule has 4 rings (SSSR count). The number of esters is 1. The van der Waals surface area contributed by atoms with Crippen LogP contribution in [0.1, 0.15) is 32.6 Å². The highest BCUT2D eigenvalue weighted by molar-refractivity contribution is 7.17. The van der Waals surface area contributed by atoms with Crippen LogP contribution in [0.25, 0.3) is 10.6 Å². The first-order valence-corrected chi connectivity index (χ1v) is 9.99. The maximum Gasteiger partial charge on any atom is 0.350 e. The number of aromatic nitrogens is 2. The molecule has 0 fully saturated rings. The first kappa shape index (κ1) is 17.6. The lowest BCUT2D eigenvalue weighted by atomic mass is 10.1. The minimum Gasteiger partial charge on any atom is -0.493 e. The van der Waals surface area contributed by atoms with E-state index in [1.165, 1.54) is 17.5 Å². The smallest absolute Gasteiger partial charge is 0.350 e. The summed E-state index contributed by atoms with van der Waals surface area (Å²) in [6, 6.07) is 5.93. The quantitative estimate of drug-likeness (QED) is 0.657. The molecule has 0 aliphatic carbocycles. The fourth-order valence-corrected chi connectivity index (χ4v) is 4.12. The summed E-state index contributed by atoms with van der Waals surface area (Å²) >= 11 is 2.46. The molecule has 1 aliphatic rings. The van der Waals surface area contributed by atoms with Crippen LogP contribution in [0.3, 0.4) is 0 Å². The summed E-state index contributed by atoms with van der Waals surface area (Å²) in [5, 5.41) is 5.46. The number of carbonyl (C=O) groups excluding carboxylic acids is 2. The van der Waals surface area contributed by atoms with Crippen LogP contribution in [0.5, 0.6) is 5.75 Å². The summed E-state index contributed by atoms with van der Waals surface area (Å²) in [5.74, 6) is 0.0910. The lowest BCUT2D eigenvalue weighted by molar-refractivity contribution is 0.0531. The Kier molecular flexibility index (Phi) is 4.87. The summed E-state index contributed by atoms with van der Waals surface area (Å²) in [7, 11) is 0. The van der Waals surface area contributed by atoms with Crippen LogP contribution in [0.2, 0.25) is 0 Å². The van der Waals surface area contributed by atoms with E-state index in [0.29, 0.717) is 22.3 Å². The maximum atomic E-state index is 12.4. The standard InChI is InChI=1S/C18H15N3O4S2/c1-2-24-17(23)14-8-19-18(27-14)21-15(22)12-9-26-16(20-12)11-3-4-13-10(7-11)5-6-25-13/h3-4,7-9H,2,5-6H2,1H3,(H,19,21,22). The van der Waals surface area contributed by atoms with E-state index in [9.17, 15) is 9.59 Å². The highest BCUT2D eigenvalue weighted by Gasteiger charge is 2.18. The van der Waals surface area contributed by atoms with Crippen molar-refractivity contribution in [3.8, 4) is 16.3 Å². The van der Waals surface area contributed by atoms with Gasteiger partial charge in [0.15, 0.2) is 5.13 Å². The van der Waals surface area contributed by atoms with Gasteiger partial charge in [0.2, 0.25) is 0 Å². The predicted octanol–water partition coefficient (Wildman–Crippen LogP) is 3.63. The summed E-state index contributed by atoms with van der Waals surface area (Å²) in [6.45, 7) is 2.72. The summed E-state index contributed by atoms with van der Waals surface area (Å²) in [6.07, 6.45) is 2.27. The number of anilines is 1. The molecule has 27 heavy (non-hydrogen) atoms. The van der Waals surface area contributed by atoms with Gasteiger partial charge >= 0.3 is 5.97 Å². The van der Waals surface area contributed by atoms with Crippen LogP contribution in [0.15, 0.2) is 29.8 Å².